The van der Waals surface area contributed by atoms with E-state index in [1.165, 1.54) is 12.8 Å². The van der Waals surface area contributed by atoms with Crippen molar-refractivity contribution in [3.05, 3.63) is 0 Å². The number of carbonyl (C=O) groups excluding carboxylic acids is 1. The number of likely N-dealkylation sites (N-methyl/N-ethyl adjacent to an activating group) is 1. The highest BCUT2D eigenvalue weighted by atomic mass is 16.5. The van der Waals surface area contributed by atoms with Crippen LogP contribution in [0.4, 0.5) is 0 Å². The summed E-state index contributed by atoms with van der Waals surface area (Å²) in [4.78, 5) is 11.7. The minimum absolute atomic E-state index is 0.0571. The molecule has 0 spiro atoms. The van der Waals surface area contributed by atoms with Gasteiger partial charge in [-0.05, 0) is 26.8 Å². The molecule has 2 unspecified atom stereocenters. The van der Waals surface area contributed by atoms with Gasteiger partial charge in [-0.25, -0.2) is 0 Å². The Bertz CT molecular complexity index is 233. The van der Waals surface area contributed by atoms with Crippen LogP contribution in [0.1, 0.15) is 46.0 Å². The minimum Gasteiger partial charge on any atom is -0.461 e. The number of nitrogens with one attached hydrogen (secondary N) is 1. The van der Waals surface area contributed by atoms with Crippen LogP contribution in [0.5, 0.6) is 0 Å². The molecule has 1 rings (SSSR count). The molecule has 0 amide bonds. The Balaban J connectivity index is 2.52. The standard InChI is InChI=1S/C13H25NO3/c1-4-5-6-11-9-10(2)17-13(15)12(14-3)7-8-16-11/h10-12,14H,4-9H2,1-3H3/t10?,11?,12-/m0/s1. The molecule has 0 aromatic carbocycles. The zero-order chi connectivity index (χ0) is 12.7. The molecule has 0 radical (unpaired) electrons. The predicted octanol–water partition coefficient (Wildman–Crippen LogP) is 1.88. The number of carbonyl (C=O) groups is 1. The first kappa shape index (κ1) is 14.5. The fourth-order valence-electron chi connectivity index (χ4n) is 2.13. The Morgan fingerprint density at radius 1 is 1.47 bits per heavy atom. The van der Waals surface area contributed by atoms with Crippen LogP contribution in [0.3, 0.4) is 0 Å². The van der Waals surface area contributed by atoms with Crippen LogP contribution in [0, 0.1) is 0 Å². The van der Waals surface area contributed by atoms with E-state index in [4.69, 9.17) is 9.47 Å². The number of cyclic esters (lactones) is 1. The highest BCUT2D eigenvalue weighted by Gasteiger charge is 2.25. The molecule has 1 heterocycles. The lowest BCUT2D eigenvalue weighted by Gasteiger charge is -2.19. The predicted molar refractivity (Wildman–Crippen MR) is 66.9 cm³/mol. The summed E-state index contributed by atoms with van der Waals surface area (Å²) in [6.45, 7) is 4.75. The largest absolute Gasteiger partial charge is 0.461 e. The van der Waals surface area contributed by atoms with Crippen LogP contribution in [-0.2, 0) is 14.3 Å². The molecule has 0 saturated carbocycles. The van der Waals surface area contributed by atoms with Crippen LogP contribution in [0.15, 0.2) is 0 Å². The average molecular weight is 243 g/mol. The molecule has 1 saturated heterocycles. The van der Waals surface area contributed by atoms with Crippen molar-refractivity contribution in [1.82, 2.24) is 5.32 Å². The highest BCUT2D eigenvalue weighted by Crippen LogP contribution is 2.16. The van der Waals surface area contributed by atoms with E-state index in [0.717, 1.165) is 12.8 Å². The van der Waals surface area contributed by atoms with Gasteiger partial charge in [0.25, 0.3) is 0 Å². The summed E-state index contributed by atoms with van der Waals surface area (Å²) < 4.78 is 11.2. The third-order valence-electron chi connectivity index (χ3n) is 3.18. The van der Waals surface area contributed by atoms with Gasteiger partial charge in [-0.3, -0.25) is 4.79 Å². The van der Waals surface area contributed by atoms with Crippen molar-refractivity contribution in [3.8, 4) is 0 Å². The lowest BCUT2D eigenvalue weighted by molar-refractivity contribution is -0.151. The quantitative estimate of drug-likeness (QED) is 0.766. The second-order valence-electron chi connectivity index (χ2n) is 4.75. The summed E-state index contributed by atoms with van der Waals surface area (Å²) in [6, 6.07) is -0.234. The molecular formula is C13H25NO3. The fourth-order valence-corrected chi connectivity index (χ4v) is 2.13. The van der Waals surface area contributed by atoms with Crippen molar-refractivity contribution in [1.29, 1.82) is 0 Å². The molecule has 1 fully saturated rings. The summed E-state index contributed by atoms with van der Waals surface area (Å²) in [5, 5.41) is 2.97. The molecule has 0 aromatic rings. The van der Waals surface area contributed by atoms with E-state index >= 15 is 0 Å². The Hall–Kier alpha value is -0.610. The molecule has 0 bridgehead atoms. The monoisotopic (exact) mass is 243 g/mol. The smallest absolute Gasteiger partial charge is 0.323 e. The van der Waals surface area contributed by atoms with Crippen molar-refractivity contribution in [2.75, 3.05) is 13.7 Å². The van der Waals surface area contributed by atoms with E-state index in [9.17, 15) is 4.79 Å². The summed E-state index contributed by atoms with van der Waals surface area (Å²) in [5.41, 5.74) is 0. The summed E-state index contributed by atoms with van der Waals surface area (Å²) in [7, 11) is 1.78. The molecule has 4 nitrogen and oxygen atoms in total. The first-order valence-electron chi connectivity index (χ1n) is 6.66. The van der Waals surface area contributed by atoms with Crippen molar-refractivity contribution in [3.63, 3.8) is 0 Å². The maximum atomic E-state index is 11.7. The fraction of sp³-hybridized carbons (Fsp3) is 0.923. The van der Waals surface area contributed by atoms with Gasteiger partial charge in [0.2, 0.25) is 0 Å². The average Bonchev–Trinajstić information content (AvgIpc) is 2.36. The second kappa shape index (κ2) is 7.67. The summed E-state index contributed by atoms with van der Waals surface area (Å²) in [6.07, 6.45) is 5.07. The Kier molecular flexibility index (Phi) is 6.52. The lowest BCUT2D eigenvalue weighted by atomic mass is 10.1. The highest BCUT2D eigenvalue weighted by molar-refractivity contribution is 5.75. The number of hydrogen-bond acceptors (Lipinski definition) is 4. The van der Waals surface area contributed by atoms with Crippen LogP contribution in [0.2, 0.25) is 0 Å². The molecule has 17 heavy (non-hydrogen) atoms. The maximum absolute atomic E-state index is 11.7. The molecule has 0 aliphatic carbocycles. The zero-order valence-corrected chi connectivity index (χ0v) is 11.2. The Morgan fingerprint density at radius 3 is 2.88 bits per heavy atom. The SMILES string of the molecule is CCCCC1CC(C)OC(=O)[C@@H](NC)CCO1. The van der Waals surface area contributed by atoms with Crippen molar-refractivity contribution >= 4 is 5.97 Å². The van der Waals surface area contributed by atoms with Crippen LogP contribution in [0.25, 0.3) is 0 Å². The molecule has 1 N–H and O–H groups in total. The van der Waals surface area contributed by atoms with Gasteiger partial charge in [0, 0.05) is 13.0 Å². The van der Waals surface area contributed by atoms with Gasteiger partial charge in [0.05, 0.1) is 6.10 Å². The number of hydrogen-bond donors (Lipinski definition) is 1. The second-order valence-corrected chi connectivity index (χ2v) is 4.75. The molecule has 1 aliphatic rings. The number of ether oxygens (including phenoxy) is 2. The Labute approximate surface area is 104 Å². The maximum Gasteiger partial charge on any atom is 0.323 e. The van der Waals surface area contributed by atoms with Crippen LogP contribution in [-0.4, -0.2) is 37.9 Å². The van der Waals surface area contributed by atoms with Crippen LogP contribution < -0.4 is 5.32 Å². The normalized spacial score (nSPS) is 31.2. The molecule has 4 heteroatoms. The number of esters is 1. The van der Waals surface area contributed by atoms with E-state index in [2.05, 4.69) is 12.2 Å². The third kappa shape index (κ3) is 5.04. The minimum atomic E-state index is -0.234. The van der Waals surface area contributed by atoms with Crippen LogP contribution >= 0.6 is 0 Å². The lowest BCUT2D eigenvalue weighted by Crippen LogP contribution is -2.37. The van der Waals surface area contributed by atoms with Crippen molar-refractivity contribution < 1.29 is 14.3 Å². The van der Waals surface area contributed by atoms with Crippen molar-refractivity contribution in [2.24, 2.45) is 0 Å². The molecule has 100 valence electrons. The van der Waals surface area contributed by atoms with Gasteiger partial charge in [-0.15, -0.1) is 0 Å². The van der Waals surface area contributed by atoms with Gasteiger partial charge in [0.15, 0.2) is 0 Å². The van der Waals surface area contributed by atoms with E-state index in [-0.39, 0.29) is 24.2 Å². The number of unbranched alkanes of at least 4 members (excludes halogenated alkanes) is 1. The van der Waals surface area contributed by atoms with Gasteiger partial charge in [-0.2, -0.15) is 0 Å². The van der Waals surface area contributed by atoms with E-state index in [0.29, 0.717) is 13.0 Å². The van der Waals surface area contributed by atoms with Gasteiger partial charge < -0.3 is 14.8 Å². The molecule has 0 aromatic heterocycles. The molecule has 3 atom stereocenters. The zero-order valence-electron chi connectivity index (χ0n) is 11.2. The first-order valence-corrected chi connectivity index (χ1v) is 6.66. The number of rotatable bonds is 4. The summed E-state index contributed by atoms with van der Waals surface area (Å²) in [5.74, 6) is -0.153. The van der Waals surface area contributed by atoms with Gasteiger partial charge >= 0.3 is 5.97 Å². The Morgan fingerprint density at radius 2 is 2.24 bits per heavy atom. The molecular weight excluding hydrogens is 218 g/mol. The van der Waals surface area contributed by atoms with Gasteiger partial charge in [0.1, 0.15) is 12.1 Å². The van der Waals surface area contributed by atoms with Crippen molar-refractivity contribution in [2.45, 2.75) is 64.2 Å². The van der Waals surface area contributed by atoms with Gasteiger partial charge in [-0.1, -0.05) is 19.8 Å². The third-order valence-corrected chi connectivity index (χ3v) is 3.18. The summed E-state index contributed by atoms with van der Waals surface area (Å²) >= 11 is 0. The van der Waals surface area contributed by atoms with E-state index in [1.807, 2.05) is 6.92 Å². The van der Waals surface area contributed by atoms with E-state index in [1.54, 1.807) is 7.05 Å². The van der Waals surface area contributed by atoms with E-state index < -0.39 is 0 Å². The first-order chi connectivity index (χ1) is 8.17. The topological polar surface area (TPSA) is 47.6 Å². The molecule has 1 aliphatic heterocycles.